The second-order valence-electron chi connectivity index (χ2n) is 5.62. The summed E-state index contributed by atoms with van der Waals surface area (Å²) in [5.41, 5.74) is 4.08. The first kappa shape index (κ1) is 18.5. The van der Waals surface area contributed by atoms with Crippen molar-refractivity contribution in [2.75, 3.05) is 18.6 Å². The Morgan fingerprint density at radius 3 is 2.60 bits per heavy atom. The zero-order chi connectivity index (χ0) is 18.2. The number of nitrogens with zero attached hydrogens (tertiary/aromatic N) is 2. The number of hydrogen-bond donors (Lipinski definition) is 2. The van der Waals surface area contributed by atoms with Crippen LogP contribution in [0.1, 0.15) is 44.9 Å². The average Bonchev–Trinajstić information content (AvgIpc) is 2.57. The van der Waals surface area contributed by atoms with E-state index in [0.717, 1.165) is 5.56 Å². The second kappa shape index (κ2) is 8.86. The van der Waals surface area contributed by atoms with Crippen LogP contribution in [0.3, 0.4) is 0 Å². The highest BCUT2D eigenvalue weighted by Gasteiger charge is 2.06. The van der Waals surface area contributed by atoms with Crippen molar-refractivity contribution >= 4 is 12.2 Å². The summed E-state index contributed by atoms with van der Waals surface area (Å²) in [6.45, 7) is 8.91. The predicted octanol–water partition coefficient (Wildman–Crippen LogP) is 3.14. The number of aromatic amines is 1. The Morgan fingerprint density at radius 1 is 1.20 bits per heavy atom. The Kier molecular flexibility index (Phi) is 6.56. The van der Waals surface area contributed by atoms with Crippen molar-refractivity contribution in [2.24, 2.45) is 5.10 Å². The van der Waals surface area contributed by atoms with E-state index >= 15 is 0 Å². The Hall–Kier alpha value is -2.83. The molecular weight excluding hydrogens is 320 g/mol. The molecule has 1 heterocycles. The van der Waals surface area contributed by atoms with E-state index in [-0.39, 0.29) is 11.5 Å². The minimum absolute atomic E-state index is 0.159. The molecule has 1 aromatic carbocycles. The molecule has 2 N–H and O–H groups in total. The van der Waals surface area contributed by atoms with Crippen LogP contribution >= 0.6 is 0 Å². The molecule has 7 nitrogen and oxygen atoms in total. The predicted molar refractivity (Wildman–Crippen MR) is 98.9 cm³/mol. The first-order chi connectivity index (χ1) is 12.0. The highest BCUT2D eigenvalue weighted by atomic mass is 16.5. The molecule has 2 aromatic rings. The first-order valence-electron chi connectivity index (χ1n) is 8.33. The number of anilines is 1. The SMILES string of the molecule is CCOc1ccc(/C=N\Nc2nc(C(C)C)cc(=O)[nH]2)cc1OCC. The van der Waals surface area contributed by atoms with Crippen LogP contribution in [-0.2, 0) is 0 Å². The van der Waals surface area contributed by atoms with Gasteiger partial charge in [-0.15, -0.1) is 0 Å². The van der Waals surface area contributed by atoms with Gasteiger partial charge >= 0.3 is 0 Å². The molecule has 1 aromatic heterocycles. The smallest absolute Gasteiger partial charge is 0.252 e. The summed E-state index contributed by atoms with van der Waals surface area (Å²) < 4.78 is 11.1. The van der Waals surface area contributed by atoms with Gasteiger partial charge in [0.25, 0.3) is 5.56 Å². The topological polar surface area (TPSA) is 88.6 Å². The van der Waals surface area contributed by atoms with Gasteiger partial charge in [0.15, 0.2) is 11.5 Å². The van der Waals surface area contributed by atoms with Crippen molar-refractivity contribution in [3.63, 3.8) is 0 Å². The number of rotatable bonds is 8. The van der Waals surface area contributed by atoms with Gasteiger partial charge in [0, 0.05) is 6.07 Å². The van der Waals surface area contributed by atoms with E-state index in [4.69, 9.17) is 9.47 Å². The number of ether oxygens (including phenoxy) is 2. The van der Waals surface area contributed by atoms with Crippen molar-refractivity contribution < 1.29 is 9.47 Å². The van der Waals surface area contributed by atoms with Gasteiger partial charge in [-0.25, -0.2) is 10.4 Å². The van der Waals surface area contributed by atoms with Gasteiger partial charge in [-0.2, -0.15) is 5.10 Å². The lowest BCUT2D eigenvalue weighted by Crippen LogP contribution is -2.12. The summed E-state index contributed by atoms with van der Waals surface area (Å²) in [6, 6.07) is 7.05. The van der Waals surface area contributed by atoms with Gasteiger partial charge in [-0.1, -0.05) is 13.8 Å². The molecule has 0 fully saturated rings. The third-order valence-electron chi connectivity index (χ3n) is 3.30. The zero-order valence-corrected chi connectivity index (χ0v) is 15.0. The van der Waals surface area contributed by atoms with E-state index in [1.54, 1.807) is 6.21 Å². The standard InChI is InChI=1S/C18H24N4O3/c1-5-24-15-8-7-13(9-16(15)25-6-2)11-19-22-18-20-14(12(3)4)10-17(23)21-18/h7-12H,5-6H2,1-4H3,(H2,20,21,22,23)/b19-11-. The highest BCUT2D eigenvalue weighted by molar-refractivity contribution is 5.81. The Labute approximate surface area is 147 Å². The monoisotopic (exact) mass is 344 g/mol. The van der Waals surface area contributed by atoms with Crippen LogP contribution < -0.4 is 20.5 Å². The van der Waals surface area contributed by atoms with Gasteiger partial charge in [0.1, 0.15) is 0 Å². The van der Waals surface area contributed by atoms with Crippen LogP contribution in [0.5, 0.6) is 11.5 Å². The van der Waals surface area contributed by atoms with Crippen LogP contribution in [-0.4, -0.2) is 29.4 Å². The molecule has 0 bridgehead atoms. The molecule has 0 saturated carbocycles. The first-order valence-corrected chi connectivity index (χ1v) is 8.33. The van der Waals surface area contributed by atoms with Gasteiger partial charge in [0.2, 0.25) is 5.95 Å². The van der Waals surface area contributed by atoms with Crippen molar-refractivity contribution in [1.29, 1.82) is 0 Å². The highest BCUT2D eigenvalue weighted by Crippen LogP contribution is 2.28. The summed E-state index contributed by atoms with van der Waals surface area (Å²) in [7, 11) is 0. The summed E-state index contributed by atoms with van der Waals surface area (Å²) in [6.07, 6.45) is 1.63. The van der Waals surface area contributed by atoms with E-state index in [1.165, 1.54) is 6.07 Å². The number of hydrazone groups is 1. The molecule has 25 heavy (non-hydrogen) atoms. The third kappa shape index (κ3) is 5.34. The minimum atomic E-state index is -0.212. The molecule has 0 unspecified atom stereocenters. The van der Waals surface area contributed by atoms with Crippen LogP contribution in [0.15, 0.2) is 34.2 Å². The quantitative estimate of drug-likeness (QED) is 0.567. The summed E-state index contributed by atoms with van der Waals surface area (Å²) in [5.74, 6) is 1.84. The van der Waals surface area contributed by atoms with E-state index < -0.39 is 0 Å². The van der Waals surface area contributed by atoms with E-state index in [2.05, 4.69) is 20.5 Å². The molecule has 7 heteroatoms. The van der Waals surface area contributed by atoms with E-state index in [9.17, 15) is 4.79 Å². The molecule has 134 valence electrons. The molecule has 0 spiro atoms. The van der Waals surface area contributed by atoms with Gasteiger partial charge in [-0.05, 0) is 43.5 Å². The second-order valence-corrected chi connectivity index (χ2v) is 5.62. The van der Waals surface area contributed by atoms with Crippen LogP contribution in [0.4, 0.5) is 5.95 Å². The molecule has 0 amide bonds. The van der Waals surface area contributed by atoms with Gasteiger partial charge < -0.3 is 9.47 Å². The average molecular weight is 344 g/mol. The van der Waals surface area contributed by atoms with Gasteiger partial charge in [0.05, 0.1) is 25.1 Å². The van der Waals surface area contributed by atoms with E-state index in [0.29, 0.717) is 36.4 Å². The molecule has 0 saturated heterocycles. The van der Waals surface area contributed by atoms with Crippen LogP contribution in [0.25, 0.3) is 0 Å². The van der Waals surface area contributed by atoms with Crippen LogP contribution in [0.2, 0.25) is 0 Å². The van der Waals surface area contributed by atoms with Crippen molar-refractivity contribution in [3.8, 4) is 11.5 Å². The maximum absolute atomic E-state index is 11.6. The van der Waals surface area contributed by atoms with Gasteiger partial charge in [-0.3, -0.25) is 9.78 Å². The largest absolute Gasteiger partial charge is 0.490 e. The van der Waals surface area contributed by atoms with Crippen molar-refractivity contribution in [2.45, 2.75) is 33.6 Å². The number of hydrogen-bond acceptors (Lipinski definition) is 6. The fraction of sp³-hybridized carbons (Fsp3) is 0.389. The molecule has 2 rings (SSSR count). The molecule has 0 aliphatic heterocycles. The lowest BCUT2D eigenvalue weighted by Gasteiger charge is -2.11. The third-order valence-corrected chi connectivity index (χ3v) is 3.30. The van der Waals surface area contributed by atoms with E-state index in [1.807, 2.05) is 45.9 Å². The number of H-pyrrole nitrogens is 1. The number of nitrogens with one attached hydrogen (secondary N) is 2. The zero-order valence-electron chi connectivity index (χ0n) is 15.0. The Morgan fingerprint density at radius 2 is 1.92 bits per heavy atom. The van der Waals surface area contributed by atoms with Crippen molar-refractivity contribution in [3.05, 3.63) is 45.9 Å². The lowest BCUT2D eigenvalue weighted by molar-refractivity contribution is 0.288. The maximum atomic E-state index is 11.6. The summed E-state index contributed by atoms with van der Waals surface area (Å²) >= 11 is 0. The molecule has 0 aliphatic carbocycles. The summed E-state index contributed by atoms with van der Waals surface area (Å²) in [4.78, 5) is 18.6. The van der Waals surface area contributed by atoms with Crippen LogP contribution in [0, 0.1) is 0 Å². The molecule has 0 aliphatic rings. The fourth-order valence-corrected chi connectivity index (χ4v) is 2.14. The Balaban J connectivity index is 2.14. The summed E-state index contributed by atoms with van der Waals surface area (Å²) in [5, 5.41) is 4.13. The Bertz CT molecular complexity index is 784. The maximum Gasteiger partial charge on any atom is 0.252 e. The minimum Gasteiger partial charge on any atom is -0.490 e. The molecule has 0 atom stereocenters. The fourth-order valence-electron chi connectivity index (χ4n) is 2.14. The molecular formula is C18H24N4O3. The molecule has 0 radical (unpaired) electrons. The normalized spacial score (nSPS) is 11.1. The number of aromatic nitrogens is 2. The number of benzene rings is 1. The van der Waals surface area contributed by atoms with Crippen molar-refractivity contribution in [1.82, 2.24) is 9.97 Å². The lowest BCUT2D eigenvalue weighted by atomic mass is 10.1.